The number of nitrogens with two attached hydrogens (primary N) is 1. The van der Waals surface area contributed by atoms with Gasteiger partial charge in [0.05, 0.1) is 24.9 Å². The smallest absolute Gasteiger partial charge is 0.195 e. The molecule has 0 aliphatic rings. The third kappa shape index (κ3) is 2.99. The quantitative estimate of drug-likeness (QED) is 0.654. The number of methoxy groups -OCH3 is 2. The zero-order valence-electron chi connectivity index (χ0n) is 11.4. The Kier molecular flexibility index (Phi) is 4.75. The van der Waals surface area contributed by atoms with Crippen LogP contribution in [0, 0.1) is 0 Å². The summed E-state index contributed by atoms with van der Waals surface area (Å²) in [5.41, 5.74) is 6.85. The Hall–Kier alpha value is -1.72. The van der Waals surface area contributed by atoms with Crippen molar-refractivity contribution in [3.05, 3.63) is 51.0 Å². The number of ketones is 1. The zero-order valence-corrected chi connectivity index (χ0v) is 13.8. The Morgan fingerprint density at radius 2 is 1.76 bits per heavy atom. The second kappa shape index (κ2) is 6.37. The molecule has 0 fully saturated rings. The first-order valence-corrected chi connectivity index (χ1v) is 7.17. The van der Waals surface area contributed by atoms with Gasteiger partial charge in [-0.05, 0) is 40.2 Å². The topological polar surface area (TPSA) is 61.5 Å². The SMILES string of the molecule is COc1cc(Br)c(C(=O)c2cccc(N)c2Cl)cc1OC. The van der Waals surface area contributed by atoms with Crippen molar-refractivity contribution in [1.82, 2.24) is 0 Å². The van der Waals surface area contributed by atoms with Gasteiger partial charge in [0, 0.05) is 15.6 Å². The molecule has 110 valence electrons. The predicted molar refractivity (Wildman–Crippen MR) is 86.5 cm³/mol. The number of ether oxygens (including phenoxy) is 2. The third-order valence-electron chi connectivity index (χ3n) is 2.99. The Morgan fingerprint density at radius 1 is 1.14 bits per heavy atom. The van der Waals surface area contributed by atoms with Crippen LogP contribution in [0.4, 0.5) is 5.69 Å². The second-order valence-corrected chi connectivity index (χ2v) is 5.46. The highest BCUT2D eigenvalue weighted by atomic mass is 79.9. The zero-order chi connectivity index (χ0) is 15.6. The van der Waals surface area contributed by atoms with Gasteiger partial charge in [0.25, 0.3) is 0 Å². The van der Waals surface area contributed by atoms with E-state index < -0.39 is 0 Å². The number of anilines is 1. The fourth-order valence-corrected chi connectivity index (χ4v) is 2.61. The summed E-state index contributed by atoms with van der Waals surface area (Å²) in [6.07, 6.45) is 0. The van der Waals surface area contributed by atoms with E-state index in [-0.39, 0.29) is 10.8 Å². The van der Waals surface area contributed by atoms with E-state index in [0.29, 0.717) is 32.8 Å². The van der Waals surface area contributed by atoms with Crippen LogP contribution in [-0.4, -0.2) is 20.0 Å². The van der Waals surface area contributed by atoms with Crippen molar-refractivity contribution in [2.24, 2.45) is 0 Å². The van der Waals surface area contributed by atoms with Crippen LogP contribution in [0.2, 0.25) is 5.02 Å². The van der Waals surface area contributed by atoms with E-state index in [1.807, 2.05) is 0 Å². The number of halogens is 2. The van der Waals surface area contributed by atoms with Crippen LogP contribution in [0.5, 0.6) is 11.5 Å². The maximum atomic E-state index is 12.6. The van der Waals surface area contributed by atoms with Crippen LogP contribution < -0.4 is 15.2 Å². The molecule has 0 spiro atoms. The van der Waals surface area contributed by atoms with Crippen LogP contribution in [0.15, 0.2) is 34.8 Å². The van der Waals surface area contributed by atoms with E-state index in [0.717, 1.165) is 0 Å². The van der Waals surface area contributed by atoms with Crippen molar-refractivity contribution < 1.29 is 14.3 Å². The van der Waals surface area contributed by atoms with Gasteiger partial charge in [-0.3, -0.25) is 4.79 Å². The van der Waals surface area contributed by atoms with Crippen molar-refractivity contribution >= 4 is 39.0 Å². The fraction of sp³-hybridized carbons (Fsp3) is 0.133. The molecule has 0 bridgehead atoms. The Labute approximate surface area is 135 Å². The van der Waals surface area contributed by atoms with Crippen molar-refractivity contribution in [1.29, 1.82) is 0 Å². The molecule has 0 aliphatic heterocycles. The fourth-order valence-electron chi connectivity index (χ4n) is 1.90. The Morgan fingerprint density at radius 3 is 2.38 bits per heavy atom. The van der Waals surface area contributed by atoms with Gasteiger partial charge in [0.15, 0.2) is 17.3 Å². The van der Waals surface area contributed by atoms with Gasteiger partial charge < -0.3 is 15.2 Å². The molecule has 0 atom stereocenters. The molecule has 4 nitrogen and oxygen atoms in total. The third-order valence-corrected chi connectivity index (χ3v) is 4.07. The Bertz CT molecular complexity index is 704. The summed E-state index contributed by atoms with van der Waals surface area (Å²) < 4.78 is 11.0. The standard InChI is InChI=1S/C15H13BrClNO3/c1-20-12-6-9(10(16)7-13(12)21-2)15(19)8-4-3-5-11(18)14(8)17/h3-7H,18H2,1-2H3. The highest BCUT2D eigenvalue weighted by molar-refractivity contribution is 9.10. The molecule has 0 saturated heterocycles. The molecule has 0 unspecified atom stereocenters. The average molecular weight is 371 g/mol. The van der Waals surface area contributed by atoms with E-state index >= 15 is 0 Å². The number of hydrogen-bond donors (Lipinski definition) is 1. The van der Waals surface area contributed by atoms with E-state index in [4.69, 9.17) is 26.8 Å². The highest BCUT2D eigenvalue weighted by Crippen LogP contribution is 2.35. The first-order valence-electron chi connectivity index (χ1n) is 5.99. The summed E-state index contributed by atoms with van der Waals surface area (Å²) in [5, 5.41) is 0.240. The minimum Gasteiger partial charge on any atom is -0.493 e. The monoisotopic (exact) mass is 369 g/mol. The first kappa shape index (κ1) is 15.7. The lowest BCUT2D eigenvalue weighted by atomic mass is 10.0. The molecule has 2 rings (SSSR count). The largest absolute Gasteiger partial charge is 0.493 e. The molecule has 0 amide bonds. The number of hydrogen-bond acceptors (Lipinski definition) is 4. The lowest BCUT2D eigenvalue weighted by molar-refractivity contribution is 0.103. The van der Waals surface area contributed by atoms with Gasteiger partial charge >= 0.3 is 0 Å². The van der Waals surface area contributed by atoms with Crippen molar-refractivity contribution in [2.45, 2.75) is 0 Å². The molecule has 0 aromatic heterocycles. The summed E-state index contributed by atoms with van der Waals surface area (Å²) >= 11 is 9.47. The second-order valence-electron chi connectivity index (χ2n) is 4.22. The molecule has 2 aromatic rings. The summed E-state index contributed by atoms with van der Waals surface area (Å²) in [4.78, 5) is 12.6. The molecule has 6 heteroatoms. The molecule has 0 radical (unpaired) electrons. The van der Waals surface area contributed by atoms with Crippen molar-refractivity contribution in [3.8, 4) is 11.5 Å². The molecular weight excluding hydrogens is 358 g/mol. The summed E-state index contributed by atoms with van der Waals surface area (Å²) in [6, 6.07) is 8.23. The van der Waals surface area contributed by atoms with Gasteiger partial charge in [-0.15, -0.1) is 0 Å². The van der Waals surface area contributed by atoms with Crippen LogP contribution in [0.25, 0.3) is 0 Å². The maximum Gasteiger partial charge on any atom is 0.195 e. The van der Waals surface area contributed by atoms with E-state index in [1.165, 1.54) is 14.2 Å². The molecule has 0 aliphatic carbocycles. The van der Waals surface area contributed by atoms with E-state index in [2.05, 4.69) is 15.9 Å². The maximum absolute atomic E-state index is 12.6. The predicted octanol–water partition coefficient (Wildman–Crippen LogP) is 3.93. The van der Waals surface area contributed by atoms with Crippen molar-refractivity contribution in [3.63, 3.8) is 0 Å². The summed E-state index contributed by atoms with van der Waals surface area (Å²) in [7, 11) is 3.04. The summed E-state index contributed by atoms with van der Waals surface area (Å²) in [5.74, 6) is 0.740. The van der Waals surface area contributed by atoms with Crippen molar-refractivity contribution in [2.75, 3.05) is 20.0 Å². The first-order chi connectivity index (χ1) is 9.99. The molecular formula is C15H13BrClNO3. The number of nitrogen functional groups attached to an aromatic ring is 1. The highest BCUT2D eigenvalue weighted by Gasteiger charge is 2.19. The van der Waals surface area contributed by atoms with Gasteiger partial charge in [0.2, 0.25) is 0 Å². The number of benzene rings is 2. The van der Waals surface area contributed by atoms with Crippen LogP contribution in [0.3, 0.4) is 0 Å². The molecule has 0 heterocycles. The number of carbonyl (C=O) groups is 1. The minimum atomic E-state index is -0.250. The molecule has 2 N–H and O–H groups in total. The van der Waals surface area contributed by atoms with E-state index in [1.54, 1.807) is 30.3 Å². The minimum absolute atomic E-state index is 0.240. The number of carbonyl (C=O) groups excluding carboxylic acids is 1. The Balaban J connectivity index is 2.56. The van der Waals surface area contributed by atoms with Crippen LogP contribution >= 0.6 is 27.5 Å². The molecule has 21 heavy (non-hydrogen) atoms. The van der Waals surface area contributed by atoms with Gasteiger partial charge in [0.1, 0.15) is 0 Å². The lowest BCUT2D eigenvalue weighted by Crippen LogP contribution is -2.06. The molecule has 0 saturated carbocycles. The molecule has 2 aromatic carbocycles. The average Bonchev–Trinajstić information content (AvgIpc) is 2.49. The van der Waals surface area contributed by atoms with Crippen LogP contribution in [-0.2, 0) is 0 Å². The normalized spacial score (nSPS) is 10.3. The van der Waals surface area contributed by atoms with Crippen LogP contribution in [0.1, 0.15) is 15.9 Å². The lowest BCUT2D eigenvalue weighted by Gasteiger charge is -2.12. The van der Waals surface area contributed by atoms with Gasteiger partial charge in [-0.25, -0.2) is 0 Å². The van der Waals surface area contributed by atoms with Gasteiger partial charge in [-0.2, -0.15) is 0 Å². The van der Waals surface area contributed by atoms with E-state index in [9.17, 15) is 4.79 Å². The van der Waals surface area contributed by atoms with Gasteiger partial charge in [-0.1, -0.05) is 17.7 Å². The summed E-state index contributed by atoms with van der Waals surface area (Å²) in [6.45, 7) is 0. The number of rotatable bonds is 4.